The van der Waals surface area contributed by atoms with Crippen molar-refractivity contribution in [2.24, 2.45) is 0 Å². The fourth-order valence-electron chi connectivity index (χ4n) is 1.55. The van der Waals surface area contributed by atoms with E-state index in [0.29, 0.717) is 0 Å². The lowest BCUT2D eigenvalue weighted by Gasteiger charge is -2.16. The molecule has 1 aromatic rings. The van der Waals surface area contributed by atoms with Gasteiger partial charge >= 0.3 is 0 Å². The molecule has 0 saturated heterocycles. The molecule has 2 heteroatoms. The standard InChI is InChI=1S/C14H18ClN/c1-3-5-9-14(16-10-4-2)12-7-6-8-13(15)11-12/h6-8,11,14,16H,4,9-10H2,1-2H3. The van der Waals surface area contributed by atoms with Crippen molar-refractivity contribution in [1.82, 2.24) is 5.32 Å². The van der Waals surface area contributed by atoms with Gasteiger partial charge in [0.2, 0.25) is 0 Å². The monoisotopic (exact) mass is 235 g/mol. The zero-order valence-corrected chi connectivity index (χ0v) is 10.6. The molecule has 0 amide bonds. The molecule has 0 bridgehead atoms. The van der Waals surface area contributed by atoms with Gasteiger partial charge in [-0.05, 0) is 37.6 Å². The lowest BCUT2D eigenvalue weighted by molar-refractivity contribution is 0.542. The molecular weight excluding hydrogens is 218 g/mol. The Morgan fingerprint density at radius 1 is 1.44 bits per heavy atom. The second kappa shape index (κ2) is 7.33. The van der Waals surface area contributed by atoms with Gasteiger partial charge in [-0.15, -0.1) is 11.8 Å². The number of hydrogen-bond donors (Lipinski definition) is 1. The van der Waals surface area contributed by atoms with Crippen molar-refractivity contribution >= 4 is 11.6 Å². The van der Waals surface area contributed by atoms with Crippen LogP contribution < -0.4 is 5.32 Å². The highest BCUT2D eigenvalue weighted by molar-refractivity contribution is 6.30. The summed E-state index contributed by atoms with van der Waals surface area (Å²) in [5.74, 6) is 6.06. The maximum atomic E-state index is 5.99. The van der Waals surface area contributed by atoms with Crippen molar-refractivity contribution < 1.29 is 0 Å². The summed E-state index contributed by atoms with van der Waals surface area (Å²) >= 11 is 5.99. The Balaban J connectivity index is 2.76. The van der Waals surface area contributed by atoms with Crippen molar-refractivity contribution in [2.75, 3.05) is 6.54 Å². The second-order valence-corrected chi connectivity index (χ2v) is 4.13. The summed E-state index contributed by atoms with van der Waals surface area (Å²) in [5, 5.41) is 4.27. The van der Waals surface area contributed by atoms with Gasteiger partial charge in [0.05, 0.1) is 0 Å². The Morgan fingerprint density at radius 2 is 2.25 bits per heavy atom. The lowest BCUT2D eigenvalue weighted by atomic mass is 10.0. The van der Waals surface area contributed by atoms with Gasteiger partial charge in [0.25, 0.3) is 0 Å². The van der Waals surface area contributed by atoms with Gasteiger partial charge in [-0.2, -0.15) is 0 Å². The van der Waals surface area contributed by atoms with Crippen LogP contribution in [-0.4, -0.2) is 6.54 Å². The molecule has 86 valence electrons. The van der Waals surface area contributed by atoms with Crippen LogP contribution in [0.25, 0.3) is 0 Å². The molecule has 0 radical (unpaired) electrons. The van der Waals surface area contributed by atoms with Crippen LogP contribution in [0.15, 0.2) is 24.3 Å². The molecule has 0 aliphatic carbocycles. The average Bonchev–Trinajstić information content (AvgIpc) is 2.29. The van der Waals surface area contributed by atoms with Gasteiger partial charge in [-0.3, -0.25) is 0 Å². The smallest absolute Gasteiger partial charge is 0.0431 e. The van der Waals surface area contributed by atoms with Crippen LogP contribution in [0.4, 0.5) is 0 Å². The summed E-state index contributed by atoms with van der Waals surface area (Å²) in [7, 11) is 0. The van der Waals surface area contributed by atoms with Gasteiger partial charge in [0.15, 0.2) is 0 Å². The third-order valence-corrected chi connectivity index (χ3v) is 2.61. The van der Waals surface area contributed by atoms with E-state index in [1.807, 2.05) is 25.1 Å². The second-order valence-electron chi connectivity index (χ2n) is 3.69. The topological polar surface area (TPSA) is 12.0 Å². The fraction of sp³-hybridized carbons (Fsp3) is 0.429. The third kappa shape index (κ3) is 4.26. The first-order valence-corrected chi connectivity index (χ1v) is 6.04. The summed E-state index contributed by atoms with van der Waals surface area (Å²) in [6.07, 6.45) is 1.95. The zero-order chi connectivity index (χ0) is 11.8. The van der Waals surface area contributed by atoms with E-state index < -0.39 is 0 Å². The molecule has 0 aliphatic rings. The predicted octanol–water partition coefficient (Wildman–Crippen LogP) is 3.79. The predicted molar refractivity (Wildman–Crippen MR) is 70.6 cm³/mol. The third-order valence-electron chi connectivity index (χ3n) is 2.37. The Morgan fingerprint density at radius 3 is 2.88 bits per heavy atom. The molecule has 1 rings (SSSR count). The molecule has 0 saturated carbocycles. The molecule has 0 aromatic heterocycles. The summed E-state index contributed by atoms with van der Waals surface area (Å²) in [4.78, 5) is 0. The molecule has 1 aromatic carbocycles. The van der Waals surface area contributed by atoms with Crippen molar-refractivity contribution in [3.05, 3.63) is 34.9 Å². The van der Waals surface area contributed by atoms with Crippen LogP contribution in [0, 0.1) is 11.8 Å². The molecule has 1 atom stereocenters. The summed E-state index contributed by atoms with van der Waals surface area (Å²) in [5.41, 5.74) is 1.21. The molecule has 1 N–H and O–H groups in total. The van der Waals surface area contributed by atoms with E-state index in [1.165, 1.54) is 5.56 Å². The summed E-state index contributed by atoms with van der Waals surface area (Å²) in [6, 6.07) is 8.26. The van der Waals surface area contributed by atoms with Crippen molar-refractivity contribution in [3.8, 4) is 11.8 Å². The SMILES string of the molecule is CC#CCC(NCCC)c1cccc(Cl)c1. The van der Waals surface area contributed by atoms with Crippen molar-refractivity contribution in [1.29, 1.82) is 0 Å². The normalized spacial score (nSPS) is 11.7. The Kier molecular flexibility index (Phi) is 6.00. The van der Waals surface area contributed by atoms with Gasteiger partial charge in [-0.1, -0.05) is 30.7 Å². The van der Waals surface area contributed by atoms with Crippen LogP contribution in [-0.2, 0) is 0 Å². The number of rotatable bonds is 5. The molecule has 1 unspecified atom stereocenters. The summed E-state index contributed by atoms with van der Waals surface area (Å²) in [6.45, 7) is 5.03. The maximum Gasteiger partial charge on any atom is 0.0431 e. The Hall–Kier alpha value is -0.970. The quantitative estimate of drug-likeness (QED) is 0.766. The van der Waals surface area contributed by atoms with Crippen molar-refractivity contribution in [2.45, 2.75) is 32.7 Å². The molecule has 0 heterocycles. The molecule has 16 heavy (non-hydrogen) atoms. The van der Waals surface area contributed by atoms with Crippen molar-refractivity contribution in [3.63, 3.8) is 0 Å². The molecule has 0 aliphatic heterocycles. The molecular formula is C14H18ClN. The minimum absolute atomic E-state index is 0.283. The van der Waals surface area contributed by atoms with Gasteiger partial charge < -0.3 is 5.32 Å². The molecule has 0 spiro atoms. The number of nitrogens with one attached hydrogen (secondary N) is 1. The largest absolute Gasteiger partial charge is 0.309 e. The van der Waals surface area contributed by atoms with Crippen LogP contribution in [0.2, 0.25) is 5.02 Å². The fourth-order valence-corrected chi connectivity index (χ4v) is 1.75. The Bertz CT molecular complexity index is 376. The first-order valence-electron chi connectivity index (χ1n) is 5.66. The average molecular weight is 236 g/mol. The van der Waals surface area contributed by atoms with E-state index in [1.54, 1.807) is 0 Å². The van der Waals surface area contributed by atoms with Gasteiger partial charge in [0, 0.05) is 17.5 Å². The van der Waals surface area contributed by atoms with E-state index in [0.717, 1.165) is 24.4 Å². The van der Waals surface area contributed by atoms with E-state index in [9.17, 15) is 0 Å². The highest BCUT2D eigenvalue weighted by Crippen LogP contribution is 2.20. The maximum absolute atomic E-state index is 5.99. The number of hydrogen-bond acceptors (Lipinski definition) is 1. The molecule has 1 nitrogen and oxygen atoms in total. The van der Waals surface area contributed by atoms with Crippen LogP contribution in [0.5, 0.6) is 0 Å². The van der Waals surface area contributed by atoms with Gasteiger partial charge in [0.1, 0.15) is 0 Å². The Labute approximate surface area is 103 Å². The van der Waals surface area contributed by atoms with E-state index in [-0.39, 0.29) is 6.04 Å². The van der Waals surface area contributed by atoms with E-state index >= 15 is 0 Å². The number of halogens is 1. The highest BCUT2D eigenvalue weighted by Gasteiger charge is 2.08. The summed E-state index contributed by atoms with van der Waals surface area (Å²) < 4.78 is 0. The highest BCUT2D eigenvalue weighted by atomic mass is 35.5. The van der Waals surface area contributed by atoms with Crippen LogP contribution >= 0.6 is 11.6 Å². The van der Waals surface area contributed by atoms with E-state index in [4.69, 9.17) is 11.6 Å². The first kappa shape index (κ1) is 13.1. The first-order chi connectivity index (χ1) is 7.77. The minimum Gasteiger partial charge on any atom is -0.309 e. The zero-order valence-electron chi connectivity index (χ0n) is 9.89. The lowest BCUT2D eigenvalue weighted by Crippen LogP contribution is -2.21. The molecule has 0 fully saturated rings. The minimum atomic E-state index is 0.283. The van der Waals surface area contributed by atoms with E-state index in [2.05, 4.69) is 30.1 Å². The van der Waals surface area contributed by atoms with Crippen LogP contribution in [0.3, 0.4) is 0 Å². The van der Waals surface area contributed by atoms with Crippen LogP contribution in [0.1, 0.15) is 38.3 Å². The number of benzene rings is 1. The van der Waals surface area contributed by atoms with Gasteiger partial charge in [-0.25, -0.2) is 0 Å².